The number of anilines is 1. The van der Waals surface area contributed by atoms with Gasteiger partial charge in [-0.1, -0.05) is 47.6 Å². The quantitative estimate of drug-likeness (QED) is 0.210. The molecule has 0 amide bonds. The smallest absolute Gasteiger partial charge is 0.264 e. The minimum Gasteiger partial charge on any atom is -0.382 e. The van der Waals surface area contributed by atoms with Gasteiger partial charge < -0.3 is 23.3 Å². The van der Waals surface area contributed by atoms with Crippen LogP contribution in [-0.4, -0.2) is 49.7 Å². The molecule has 2 aromatic carbocycles. The molecule has 0 saturated heterocycles. The molecule has 1 atom stereocenters. The molecule has 11 heteroatoms. The fourth-order valence-corrected chi connectivity index (χ4v) is 4.91. The van der Waals surface area contributed by atoms with Crippen molar-refractivity contribution >= 4 is 15.9 Å². The first-order valence-corrected chi connectivity index (χ1v) is 13.2. The van der Waals surface area contributed by atoms with Crippen molar-refractivity contribution in [2.75, 3.05) is 25.0 Å². The Bertz CT molecular complexity index is 1430. The lowest BCUT2D eigenvalue weighted by molar-refractivity contribution is -0.157. The van der Waals surface area contributed by atoms with Gasteiger partial charge in [0.25, 0.3) is 10.0 Å². The molecule has 37 heavy (non-hydrogen) atoms. The van der Waals surface area contributed by atoms with Crippen molar-refractivity contribution in [3.63, 3.8) is 0 Å². The topological polar surface area (TPSA) is 118 Å². The number of nitrogens with one attached hydrogen (secondary N) is 1. The van der Waals surface area contributed by atoms with Crippen molar-refractivity contribution in [1.29, 1.82) is 0 Å². The van der Waals surface area contributed by atoms with E-state index in [1.165, 1.54) is 0 Å². The van der Waals surface area contributed by atoms with E-state index in [2.05, 4.69) is 14.9 Å². The molecule has 10 nitrogen and oxygen atoms in total. The molecule has 0 radical (unpaired) electrons. The van der Waals surface area contributed by atoms with Gasteiger partial charge in [0, 0.05) is 36.2 Å². The Hall–Kier alpha value is -3.51. The Labute approximate surface area is 216 Å². The van der Waals surface area contributed by atoms with E-state index in [1.54, 1.807) is 51.4 Å². The van der Waals surface area contributed by atoms with Crippen LogP contribution in [-0.2, 0) is 31.0 Å². The Balaban J connectivity index is 1.53. The van der Waals surface area contributed by atoms with Crippen LogP contribution < -0.4 is 4.72 Å². The molecular weight excluding hydrogens is 496 g/mol. The lowest BCUT2D eigenvalue weighted by atomic mass is 10.0. The van der Waals surface area contributed by atoms with Crippen molar-refractivity contribution in [3.8, 4) is 22.5 Å². The summed E-state index contributed by atoms with van der Waals surface area (Å²) in [4.78, 5) is 4.59. The summed E-state index contributed by atoms with van der Waals surface area (Å²) in [5.41, 5.74) is 3.42. The predicted octanol–water partition coefficient (Wildman–Crippen LogP) is 4.61. The molecule has 0 fully saturated rings. The van der Waals surface area contributed by atoms with Crippen LogP contribution in [0.25, 0.3) is 22.5 Å². The number of methoxy groups -OCH3 is 1. The third-order valence-electron chi connectivity index (χ3n) is 5.82. The molecule has 4 rings (SSSR count). The van der Waals surface area contributed by atoms with Crippen LogP contribution in [0.15, 0.2) is 70.3 Å². The van der Waals surface area contributed by atoms with E-state index >= 15 is 0 Å². The first-order chi connectivity index (χ1) is 17.8. The number of nitrogens with zero attached hydrogens (tertiary/aromatic N) is 3. The third kappa shape index (κ3) is 6.25. The number of sulfonamides is 1. The summed E-state index contributed by atoms with van der Waals surface area (Å²) in [6.07, 6.45) is 3.12. The second kappa shape index (κ2) is 11.7. The maximum absolute atomic E-state index is 13.2. The van der Waals surface area contributed by atoms with Gasteiger partial charge in [-0.15, -0.1) is 0 Å². The molecule has 196 valence electrons. The van der Waals surface area contributed by atoms with E-state index in [1.807, 2.05) is 42.0 Å². The predicted molar refractivity (Wildman–Crippen MR) is 138 cm³/mol. The second-order valence-corrected chi connectivity index (χ2v) is 10.00. The van der Waals surface area contributed by atoms with E-state index in [-0.39, 0.29) is 17.5 Å². The summed E-state index contributed by atoms with van der Waals surface area (Å²) < 4.78 is 52.2. The van der Waals surface area contributed by atoms with Crippen molar-refractivity contribution in [2.45, 2.75) is 38.7 Å². The summed E-state index contributed by atoms with van der Waals surface area (Å²) in [6.45, 7) is 6.53. The number of aromatic nitrogens is 3. The van der Waals surface area contributed by atoms with Gasteiger partial charge in [-0.3, -0.25) is 0 Å². The fourth-order valence-electron chi connectivity index (χ4n) is 3.63. The molecule has 2 heterocycles. The summed E-state index contributed by atoms with van der Waals surface area (Å²) >= 11 is 0. The number of hydrogen-bond acceptors (Lipinski definition) is 8. The molecule has 0 aliphatic heterocycles. The monoisotopic (exact) mass is 526 g/mol. The largest absolute Gasteiger partial charge is 0.382 e. The highest BCUT2D eigenvalue weighted by atomic mass is 32.2. The van der Waals surface area contributed by atoms with Gasteiger partial charge in [-0.25, -0.2) is 18.1 Å². The van der Waals surface area contributed by atoms with Gasteiger partial charge >= 0.3 is 0 Å². The van der Waals surface area contributed by atoms with Crippen molar-refractivity contribution < 1.29 is 27.2 Å². The van der Waals surface area contributed by atoms with E-state index in [0.717, 1.165) is 17.0 Å². The molecule has 0 bridgehead atoms. The van der Waals surface area contributed by atoms with Gasteiger partial charge in [0.2, 0.25) is 5.88 Å². The van der Waals surface area contributed by atoms with Gasteiger partial charge in [-0.2, -0.15) is 0 Å². The van der Waals surface area contributed by atoms with Crippen LogP contribution >= 0.6 is 0 Å². The van der Waals surface area contributed by atoms with Crippen LogP contribution in [0, 0.1) is 13.8 Å². The number of aryl methyl sites for hydroxylation is 1. The lowest BCUT2D eigenvalue weighted by Crippen LogP contribution is -2.18. The molecule has 1 unspecified atom stereocenters. The van der Waals surface area contributed by atoms with Crippen LogP contribution in [0.4, 0.5) is 5.88 Å². The Kier molecular flexibility index (Phi) is 8.39. The Morgan fingerprint density at radius 1 is 1.03 bits per heavy atom. The molecule has 2 aromatic heterocycles. The van der Waals surface area contributed by atoms with Crippen molar-refractivity contribution in [2.24, 2.45) is 0 Å². The van der Waals surface area contributed by atoms with Gasteiger partial charge in [-0.05, 0) is 32.4 Å². The molecule has 0 aliphatic carbocycles. The van der Waals surface area contributed by atoms with Gasteiger partial charge in [0.15, 0.2) is 6.29 Å². The molecule has 4 aromatic rings. The highest BCUT2D eigenvalue weighted by molar-refractivity contribution is 7.92. The number of hydrogen-bond donors (Lipinski definition) is 1. The first-order valence-electron chi connectivity index (χ1n) is 11.7. The zero-order chi connectivity index (χ0) is 26.4. The number of rotatable bonds is 12. The van der Waals surface area contributed by atoms with Crippen molar-refractivity contribution in [3.05, 3.63) is 72.2 Å². The summed E-state index contributed by atoms with van der Waals surface area (Å²) in [7, 11) is -2.30. The summed E-state index contributed by atoms with van der Waals surface area (Å²) in [5, 5.41) is 3.82. The zero-order valence-electron chi connectivity index (χ0n) is 21.2. The summed E-state index contributed by atoms with van der Waals surface area (Å²) in [5.74, 6) is 0.824. The van der Waals surface area contributed by atoms with E-state index in [4.69, 9.17) is 18.7 Å². The molecule has 1 N–H and O–H groups in total. The average molecular weight is 527 g/mol. The third-order valence-corrected chi connectivity index (χ3v) is 7.21. The van der Waals surface area contributed by atoms with E-state index in [0.29, 0.717) is 30.0 Å². The normalized spacial score (nSPS) is 12.5. The standard InChI is InChI=1S/C26H30N4O6S/c1-18-19(2)28-36-26(18)29-37(31,32)24-8-6-5-7-23(24)21-9-11-22(12-10-21)25-27-13-14-30(25)17-35-20(3)34-16-15-33-4/h5-14,20,29H,15-17H2,1-4H3. The van der Waals surface area contributed by atoms with Crippen LogP contribution in [0.5, 0.6) is 0 Å². The van der Waals surface area contributed by atoms with Gasteiger partial charge in [0.1, 0.15) is 12.6 Å². The Morgan fingerprint density at radius 3 is 2.46 bits per heavy atom. The maximum atomic E-state index is 13.2. The van der Waals surface area contributed by atoms with Crippen LogP contribution in [0.2, 0.25) is 0 Å². The zero-order valence-corrected chi connectivity index (χ0v) is 22.0. The van der Waals surface area contributed by atoms with Crippen LogP contribution in [0.3, 0.4) is 0 Å². The first kappa shape index (κ1) is 26.6. The molecule has 0 spiro atoms. The Morgan fingerprint density at radius 2 is 1.76 bits per heavy atom. The highest BCUT2D eigenvalue weighted by Gasteiger charge is 2.22. The van der Waals surface area contributed by atoms with Gasteiger partial charge in [0.05, 0.1) is 23.8 Å². The van der Waals surface area contributed by atoms with Crippen molar-refractivity contribution in [1.82, 2.24) is 14.7 Å². The maximum Gasteiger partial charge on any atom is 0.264 e. The highest BCUT2D eigenvalue weighted by Crippen LogP contribution is 2.31. The minimum absolute atomic E-state index is 0.107. The fraction of sp³-hybridized carbons (Fsp3) is 0.308. The summed E-state index contributed by atoms with van der Waals surface area (Å²) in [6, 6.07) is 14.3. The molecule has 0 saturated carbocycles. The molecular formula is C26H30N4O6S. The number of ether oxygens (including phenoxy) is 3. The number of imidazole rings is 1. The van der Waals surface area contributed by atoms with E-state index < -0.39 is 16.3 Å². The lowest BCUT2D eigenvalue weighted by Gasteiger charge is -2.16. The minimum atomic E-state index is -3.92. The molecule has 0 aliphatic rings. The average Bonchev–Trinajstić information content (AvgIpc) is 3.49. The number of benzene rings is 2. The SMILES string of the molecule is COCCOC(C)OCn1ccnc1-c1ccc(-c2ccccc2S(=O)(=O)Nc2onc(C)c2C)cc1. The second-order valence-electron chi connectivity index (χ2n) is 8.35. The van der Waals surface area contributed by atoms with Crippen LogP contribution in [0.1, 0.15) is 18.2 Å². The van der Waals surface area contributed by atoms with E-state index in [9.17, 15) is 8.42 Å².